The number of rotatable bonds is 3. The lowest BCUT2D eigenvalue weighted by Gasteiger charge is -2.28. The first kappa shape index (κ1) is 10.4. The molecule has 17 heavy (non-hydrogen) atoms. The molecule has 2 N–H and O–H groups in total. The predicted octanol–water partition coefficient (Wildman–Crippen LogP) is 1.63. The van der Waals surface area contributed by atoms with E-state index in [0.717, 1.165) is 30.0 Å². The van der Waals surface area contributed by atoms with Gasteiger partial charge in [-0.2, -0.15) is 0 Å². The minimum atomic E-state index is 0.485. The number of hydrogen-bond acceptors (Lipinski definition) is 4. The summed E-state index contributed by atoms with van der Waals surface area (Å²) in [5, 5.41) is 8.97. The van der Waals surface area contributed by atoms with Crippen LogP contribution in [0.15, 0.2) is 30.5 Å². The Kier molecular flexibility index (Phi) is 2.57. The van der Waals surface area contributed by atoms with E-state index in [1.807, 2.05) is 24.4 Å². The van der Waals surface area contributed by atoms with Gasteiger partial charge in [0.2, 0.25) is 0 Å². The highest BCUT2D eigenvalue weighted by Crippen LogP contribution is 2.26. The molecule has 1 aliphatic heterocycles. The molecule has 0 bridgehead atoms. The highest BCUT2D eigenvalue weighted by atomic mass is 16.5. The Morgan fingerprint density at radius 2 is 2.24 bits per heavy atom. The summed E-state index contributed by atoms with van der Waals surface area (Å²) < 4.78 is 5.25. The summed E-state index contributed by atoms with van der Waals surface area (Å²) in [7, 11) is 1.68. The Labute approximate surface area is 100.0 Å². The van der Waals surface area contributed by atoms with E-state index < -0.39 is 0 Å². The zero-order valence-electron chi connectivity index (χ0n) is 9.73. The van der Waals surface area contributed by atoms with Gasteiger partial charge in [-0.3, -0.25) is 0 Å². The molecule has 4 heteroatoms. The quantitative estimate of drug-likeness (QED) is 0.839. The second-order valence-electron chi connectivity index (χ2n) is 4.25. The maximum absolute atomic E-state index is 5.25. The van der Waals surface area contributed by atoms with Crippen LogP contribution >= 0.6 is 0 Å². The fourth-order valence-electron chi connectivity index (χ4n) is 1.97. The molecule has 0 amide bonds. The first-order chi connectivity index (χ1) is 8.36. The molecule has 1 aliphatic rings. The Bertz CT molecular complexity index is 537. The van der Waals surface area contributed by atoms with E-state index in [-0.39, 0.29) is 0 Å². The van der Waals surface area contributed by atoms with Crippen molar-refractivity contribution in [1.29, 1.82) is 0 Å². The van der Waals surface area contributed by atoms with Gasteiger partial charge in [0.1, 0.15) is 11.6 Å². The largest absolute Gasteiger partial charge is 0.497 e. The molecule has 0 saturated carbocycles. The molecule has 88 valence electrons. The van der Waals surface area contributed by atoms with Crippen LogP contribution in [0.4, 0.5) is 5.82 Å². The van der Waals surface area contributed by atoms with Crippen molar-refractivity contribution < 1.29 is 4.74 Å². The first-order valence-electron chi connectivity index (χ1n) is 5.77. The maximum Gasteiger partial charge on any atom is 0.134 e. The van der Waals surface area contributed by atoms with E-state index in [1.54, 1.807) is 7.11 Å². The molecule has 1 fully saturated rings. The van der Waals surface area contributed by atoms with Gasteiger partial charge in [-0.1, -0.05) is 6.07 Å². The summed E-state index contributed by atoms with van der Waals surface area (Å²) >= 11 is 0. The number of nitrogens with one attached hydrogen (secondary N) is 2. The highest BCUT2D eigenvalue weighted by Gasteiger charge is 2.17. The minimum absolute atomic E-state index is 0.485. The topological polar surface area (TPSA) is 46.2 Å². The van der Waals surface area contributed by atoms with Crippen molar-refractivity contribution in [3.05, 3.63) is 30.5 Å². The SMILES string of the molecule is COc1ccc2ccnc(NC3CNC3)c2c1. The van der Waals surface area contributed by atoms with Gasteiger partial charge in [-0.25, -0.2) is 4.98 Å². The predicted molar refractivity (Wildman–Crippen MR) is 68.6 cm³/mol. The average molecular weight is 229 g/mol. The standard InChI is InChI=1S/C13H15N3O/c1-17-11-3-2-9-4-5-15-13(12(9)6-11)16-10-7-14-8-10/h2-6,10,14H,7-8H2,1H3,(H,15,16). The van der Waals surface area contributed by atoms with Crippen LogP contribution < -0.4 is 15.4 Å². The molecule has 0 spiro atoms. The normalized spacial score (nSPS) is 15.6. The monoisotopic (exact) mass is 229 g/mol. The van der Waals surface area contributed by atoms with Gasteiger partial charge in [-0.05, 0) is 23.6 Å². The molecule has 4 nitrogen and oxygen atoms in total. The van der Waals surface area contributed by atoms with E-state index in [2.05, 4.69) is 21.7 Å². The van der Waals surface area contributed by atoms with Gasteiger partial charge in [0.05, 0.1) is 13.2 Å². The molecular weight excluding hydrogens is 214 g/mol. The molecule has 1 saturated heterocycles. The number of pyridine rings is 1. The Morgan fingerprint density at radius 3 is 2.94 bits per heavy atom. The molecule has 1 aromatic heterocycles. The van der Waals surface area contributed by atoms with Crippen LogP contribution in [0.2, 0.25) is 0 Å². The molecule has 0 aliphatic carbocycles. The van der Waals surface area contributed by atoms with E-state index in [0.29, 0.717) is 6.04 Å². The van der Waals surface area contributed by atoms with Gasteiger partial charge >= 0.3 is 0 Å². The number of benzene rings is 1. The van der Waals surface area contributed by atoms with Crippen LogP contribution in [0.1, 0.15) is 0 Å². The highest BCUT2D eigenvalue weighted by molar-refractivity contribution is 5.92. The zero-order chi connectivity index (χ0) is 11.7. The van der Waals surface area contributed by atoms with Gasteiger partial charge in [0, 0.05) is 24.7 Å². The smallest absolute Gasteiger partial charge is 0.134 e. The molecule has 1 aromatic carbocycles. The molecule has 0 atom stereocenters. The van der Waals surface area contributed by atoms with E-state index in [4.69, 9.17) is 4.74 Å². The van der Waals surface area contributed by atoms with E-state index in [9.17, 15) is 0 Å². The summed E-state index contributed by atoms with van der Waals surface area (Å²) in [5.74, 6) is 1.80. The van der Waals surface area contributed by atoms with Gasteiger partial charge in [0.25, 0.3) is 0 Å². The third-order valence-corrected chi connectivity index (χ3v) is 3.10. The molecule has 0 unspecified atom stereocenters. The van der Waals surface area contributed by atoms with Crippen molar-refractivity contribution in [2.24, 2.45) is 0 Å². The summed E-state index contributed by atoms with van der Waals surface area (Å²) in [4.78, 5) is 4.41. The van der Waals surface area contributed by atoms with Gasteiger partial charge in [-0.15, -0.1) is 0 Å². The summed E-state index contributed by atoms with van der Waals surface area (Å²) in [6.07, 6.45) is 1.84. The van der Waals surface area contributed by atoms with Crippen LogP contribution in [-0.2, 0) is 0 Å². The van der Waals surface area contributed by atoms with Crippen LogP contribution in [0.3, 0.4) is 0 Å². The lowest BCUT2D eigenvalue weighted by Crippen LogP contribution is -2.51. The number of methoxy groups -OCH3 is 1. The van der Waals surface area contributed by atoms with E-state index >= 15 is 0 Å². The first-order valence-corrected chi connectivity index (χ1v) is 5.77. The number of anilines is 1. The Morgan fingerprint density at radius 1 is 1.35 bits per heavy atom. The lowest BCUT2D eigenvalue weighted by atomic mass is 10.1. The molecule has 2 heterocycles. The van der Waals surface area contributed by atoms with Crippen molar-refractivity contribution in [1.82, 2.24) is 10.3 Å². The van der Waals surface area contributed by atoms with E-state index in [1.165, 1.54) is 5.39 Å². The van der Waals surface area contributed by atoms with Crippen LogP contribution in [-0.4, -0.2) is 31.2 Å². The van der Waals surface area contributed by atoms with Crippen molar-refractivity contribution in [2.45, 2.75) is 6.04 Å². The average Bonchev–Trinajstić information content (AvgIpc) is 2.33. The second-order valence-corrected chi connectivity index (χ2v) is 4.25. The maximum atomic E-state index is 5.25. The van der Waals surface area contributed by atoms with Gasteiger partial charge < -0.3 is 15.4 Å². The molecule has 0 radical (unpaired) electrons. The molecule has 3 rings (SSSR count). The van der Waals surface area contributed by atoms with Crippen LogP contribution in [0.25, 0.3) is 10.8 Å². The fraction of sp³-hybridized carbons (Fsp3) is 0.308. The summed E-state index contributed by atoms with van der Waals surface area (Å²) in [6, 6.07) is 8.55. The van der Waals surface area contributed by atoms with Crippen LogP contribution in [0.5, 0.6) is 5.75 Å². The van der Waals surface area contributed by atoms with Crippen molar-refractivity contribution >= 4 is 16.6 Å². The second kappa shape index (κ2) is 4.22. The van der Waals surface area contributed by atoms with Gasteiger partial charge in [0.15, 0.2) is 0 Å². The Balaban J connectivity index is 2.02. The number of aromatic nitrogens is 1. The van der Waals surface area contributed by atoms with Crippen LogP contribution in [0, 0.1) is 0 Å². The lowest BCUT2D eigenvalue weighted by molar-refractivity contribution is 0.415. The minimum Gasteiger partial charge on any atom is -0.497 e. The number of nitrogens with zero attached hydrogens (tertiary/aromatic N) is 1. The van der Waals surface area contributed by atoms with Crippen molar-refractivity contribution in [3.8, 4) is 5.75 Å². The Hall–Kier alpha value is -1.81. The molecule has 2 aromatic rings. The fourth-order valence-corrected chi connectivity index (χ4v) is 1.97. The third-order valence-electron chi connectivity index (χ3n) is 3.10. The summed E-state index contributed by atoms with van der Waals surface area (Å²) in [6.45, 7) is 2.00. The third kappa shape index (κ3) is 1.91. The number of ether oxygens (including phenoxy) is 1. The molecular formula is C13H15N3O. The summed E-state index contributed by atoms with van der Waals surface area (Å²) in [5.41, 5.74) is 0. The zero-order valence-corrected chi connectivity index (χ0v) is 9.73. The number of fused-ring (bicyclic) bond motifs is 1. The van der Waals surface area contributed by atoms with Crippen molar-refractivity contribution in [2.75, 3.05) is 25.5 Å². The van der Waals surface area contributed by atoms with Crippen molar-refractivity contribution in [3.63, 3.8) is 0 Å². The number of hydrogen-bond donors (Lipinski definition) is 2.